The van der Waals surface area contributed by atoms with E-state index in [1.54, 1.807) is 12.2 Å². The Morgan fingerprint density at radius 1 is 0.697 bits per heavy atom. The molecule has 0 amide bonds. The Labute approximate surface area is 198 Å². The van der Waals surface area contributed by atoms with Crippen LogP contribution in [0.2, 0.25) is 0 Å². The lowest BCUT2D eigenvalue weighted by atomic mass is 10.0. The molecule has 0 unspecified atom stereocenters. The normalized spacial score (nSPS) is 13.7. The number of ether oxygens (including phenoxy) is 4. The predicted molar refractivity (Wildman–Crippen MR) is 124 cm³/mol. The van der Waals surface area contributed by atoms with Crippen molar-refractivity contribution in [1.82, 2.24) is 0 Å². The van der Waals surface area contributed by atoms with E-state index in [0.29, 0.717) is 19.3 Å². The number of unbranched alkanes of at least 4 members (excludes halogenated alkanes) is 6. The van der Waals surface area contributed by atoms with Gasteiger partial charge in [0.25, 0.3) is 0 Å². The van der Waals surface area contributed by atoms with E-state index in [-0.39, 0.29) is 5.97 Å². The number of hydrogen-bond donors (Lipinski definition) is 0. The highest BCUT2D eigenvalue weighted by Gasteiger charge is 2.25. The number of methoxy groups -OCH3 is 1. The van der Waals surface area contributed by atoms with Crippen LogP contribution in [0.4, 0.5) is 0 Å². The molecule has 0 fully saturated rings. The lowest BCUT2D eigenvalue weighted by molar-refractivity contribution is -0.162. The van der Waals surface area contributed by atoms with Crippen molar-refractivity contribution < 1.29 is 38.1 Å². The van der Waals surface area contributed by atoms with Gasteiger partial charge in [0, 0.05) is 27.2 Å². The van der Waals surface area contributed by atoms with Crippen LogP contribution >= 0.6 is 0 Å². The molecule has 0 aliphatic heterocycles. The van der Waals surface area contributed by atoms with Gasteiger partial charge >= 0.3 is 23.9 Å². The van der Waals surface area contributed by atoms with Crippen molar-refractivity contribution in [3.05, 3.63) is 12.2 Å². The summed E-state index contributed by atoms with van der Waals surface area (Å²) in [6.07, 6.45) is 10.5. The monoisotopic (exact) mass is 470 g/mol. The lowest BCUT2D eigenvalue weighted by Crippen LogP contribution is -2.33. The van der Waals surface area contributed by atoms with E-state index < -0.39 is 36.2 Å². The van der Waals surface area contributed by atoms with Crippen LogP contribution in [0.3, 0.4) is 0 Å². The zero-order valence-corrected chi connectivity index (χ0v) is 20.9. The molecule has 0 radical (unpaired) electrons. The topological polar surface area (TPSA) is 105 Å². The van der Waals surface area contributed by atoms with E-state index in [1.165, 1.54) is 27.9 Å². The van der Waals surface area contributed by atoms with Crippen LogP contribution in [-0.2, 0) is 38.1 Å². The van der Waals surface area contributed by atoms with Gasteiger partial charge in [-0.2, -0.15) is 0 Å². The Morgan fingerprint density at radius 3 is 1.85 bits per heavy atom. The van der Waals surface area contributed by atoms with Crippen LogP contribution in [-0.4, -0.2) is 49.3 Å². The van der Waals surface area contributed by atoms with Gasteiger partial charge in [0.2, 0.25) is 0 Å². The first-order valence-corrected chi connectivity index (χ1v) is 12.0. The second kappa shape index (κ2) is 19.1. The molecule has 0 saturated heterocycles. The molecule has 0 bridgehead atoms. The molecule has 0 aliphatic carbocycles. The first-order chi connectivity index (χ1) is 15.7. The van der Waals surface area contributed by atoms with Crippen LogP contribution in [0.5, 0.6) is 0 Å². The summed E-state index contributed by atoms with van der Waals surface area (Å²) in [4.78, 5) is 45.9. The average molecular weight is 471 g/mol. The third-order valence-corrected chi connectivity index (χ3v) is 5.01. The van der Waals surface area contributed by atoms with Crippen LogP contribution in [0.25, 0.3) is 0 Å². The van der Waals surface area contributed by atoms with Gasteiger partial charge < -0.3 is 18.9 Å². The first-order valence-electron chi connectivity index (χ1n) is 12.0. The Bertz CT molecular complexity index is 614. The molecule has 0 N–H and O–H groups in total. The van der Waals surface area contributed by atoms with E-state index >= 15 is 0 Å². The maximum absolute atomic E-state index is 11.6. The van der Waals surface area contributed by atoms with Crippen molar-refractivity contribution >= 4 is 23.9 Å². The Morgan fingerprint density at radius 2 is 1.27 bits per heavy atom. The third-order valence-electron chi connectivity index (χ3n) is 5.01. The highest BCUT2D eigenvalue weighted by atomic mass is 16.6. The minimum absolute atomic E-state index is 0.195. The molecule has 8 nitrogen and oxygen atoms in total. The van der Waals surface area contributed by atoms with Gasteiger partial charge in [-0.3, -0.25) is 19.2 Å². The molecule has 0 spiro atoms. The molecule has 0 heterocycles. The van der Waals surface area contributed by atoms with E-state index in [9.17, 15) is 19.2 Å². The molecule has 8 heteroatoms. The Hall–Kier alpha value is -2.38. The summed E-state index contributed by atoms with van der Waals surface area (Å²) in [5, 5.41) is 0. The minimum Gasteiger partial charge on any atom is -0.469 e. The minimum atomic E-state index is -0.750. The summed E-state index contributed by atoms with van der Waals surface area (Å²) >= 11 is 0. The number of esters is 4. The van der Waals surface area contributed by atoms with E-state index in [2.05, 4.69) is 11.7 Å². The van der Waals surface area contributed by atoms with Crippen LogP contribution < -0.4 is 0 Å². The molecular weight excluding hydrogens is 428 g/mol. The van der Waals surface area contributed by atoms with Gasteiger partial charge in [0.05, 0.1) is 7.11 Å². The van der Waals surface area contributed by atoms with Crippen molar-refractivity contribution in [3.63, 3.8) is 0 Å². The van der Waals surface area contributed by atoms with Crippen LogP contribution in [0.15, 0.2) is 12.2 Å². The van der Waals surface area contributed by atoms with Crippen molar-refractivity contribution in [2.75, 3.05) is 7.11 Å². The van der Waals surface area contributed by atoms with Crippen molar-refractivity contribution in [2.45, 2.75) is 117 Å². The van der Waals surface area contributed by atoms with Crippen LogP contribution in [0, 0.1) is 0 Å². The molecule has 0 rings (SSSR count). The van der Waals surface area contributed by atoms with E-state index in [4.69, 9.17) is 14.2 Å². The summed E-state index contributed by atoms with van der Waals surface area (Å²) in [7, 11) is 1.39. The number of carbonyl (C=O) groups is 4. The number of rotatable bonds is 18. The summed E-state index contributed by atoms with van der Waals surface area (Å²) in [5.74, 6) is -1.51. The van der Waals surface area contributed by atoms with Crippen molar-refractivity contribution in [2.24, 2.45) is 0 Å². The summed E-state index contributed by atoms with van der Waals surface area (Å²) in [6.45, 7) is 6.06. The van der Waals surface area contributed by atoms with Gasteiger partial charge in [0.15, 0.2) is 6.10 Å². The van der Waals surface area contributed by atoms with Gasteiger partial charge in [-0.15, -0.1) is 0 Å². The fourth-order valence-corrected chi connectivity index (χ4v) is 3.42. The lowest BCUT2D eigenvalue weighted by Gasteiger charge is -2.24. The first kappa shape index (κ1) is 30.6. The largest absolute Gasteiger partial charge is 0.469 e. The molecule has 190 valence electrons. The summed E-state index contributed by atoms with van der Waals surface area (Å²) in [5.41, 5.74) is 0. The second-order valence-corrected chi connectivity index (χ2v) is 8.13. The number of hydrogen-bond acceptors (Lipinski definition) is 8. The van der Waals surface area contributed by atoms with Crippen LogP contribution in [0.1, 0.15) is 98.3 Å². The molecule has 0 saturated carbocycles. The predicted octanol–water partition coefficient (Wildman–Crippen LogP) is 4.82. The average Bonchev–Trinajstić information content (AvgIpc) is 2.73. The van der Waals surface area contributed by atoms with E-state index in [1.807, 2.05) is 0 Å². The maximum atomic E-state index is 11.6. The zero-order valence-electron chi connectivity index (χ0n) is 20.9. The molecule has 0 aromatic heterocycles. The fourth-order valence-electron chi connectivity index (χ4n) is 3.42. The van der Waals surface area contributed by atoms with Crippen molar-refractivity contribution in [1.29, 1.82) is 0 Å². The van der Waals surface area contributed by atoms with Gasteiger partial charge in [-0.1, -0.05) is 39.0 Å². The number of carbonyl (C=O) groups excluding carboxylic acids is 4. The summed E-state index contributed by atoms with van der Waals surface area (Å²) < 4.78 is 20.9. The molecular formula is C25H42O8. The molecule has 3 atom stereocenters. The zero-order chi connectivity index (χ0) is 25.1. The standard InChI is InChI=1S/C25H42O8/c1-6-7-11-15-23(32-20(3)27)24(33-21(4)28)18-17-22(31-19(2)26)14-12-9-8-10-13-16-25(29)30-5/h17-18,22-24H,6-16H2,1-5H3/t22-,23-,24-/m0/s1. The fraction of sp³-hybridized carbons (Fsp3) is 0.760. The molecule has 0 aromatic carbocycles. The van der Waals surface area contributed by atoms with E-state index in [0.717, 1.165) is 51.4 Å². The molecule has 0 aromatic rings. The molecule has 33 heavy (non-hydrogen) atoms. The Balaban J connectivity index is 4.97. The highest BCUT2D eigenvalue weighted by Crippen LogP contribution is 2.18. The summed E-state index contributed by atoms with van der Waals surface area (Å²) in [6, 6.07) is 0. The third kappa shape index (κ3) is 17.8. The van der Waals surface area contributed by atoms with Gasteiger partial charge in [-0.25, -0.2) is 0 Å². The maximum Gasteiger partial charge on any atom is 0.305 e. The second-order valence-electron chi connectivity index (χ2n) is 8.13. The smallest absolute Gasteiger partial charge is 0.305 e. The quantitative estimate of drug-likeness (QED) is 0.121. The van der Waals surface area contributed by atoms with Gasteiger partial charge in [0.1, 0.15) is 12.2 Å². The SMILES string of the molecule is CCCCC[C@H](OC(C)=O)[C@H](C=C[C@H](CCCCCCCC(=O)OC)OC(C)=O)OC(C)=O. The Kier molecular flexibility index (Phi) is 17.7. The van der Waals surface area contributed by atoms with Gasteiger partial charge in [-0.05, 0) is 44.3 Å². The molecule has 0 aliphatic rings. The highest BCUT2D eigenvalue weighted by molar-refractivity contribution is 5.69. The van der Waals surface area contributed by atoms with Crippen molar-refractivity contribution in [3.8, 4) is 0 Å².